The SMILES string of the molecule is Cl.NC(=O)C(CCNc1ccccc1)(NCCNc1ccccc1)C(N)=O. The highest BCUT2D eigenvalue weighted by Gasteiger charge is 2.41. The van der Waals surface area contributed by atoms with Crippen LogP contribution in [0, 0.1) is 0 Å². The molecule has 2 amide bonds. The van der Waals surface area contributed by atoms with Gasteiger partial charge in [0.05, 0.1) is 0 Å². The third kappa shape index (κ3) is 6.47. The number of halogens is 1. The summed E-state index contributed by atoms with van der Waals surface area (Å²) in [7, 11) is 0. The summed E-state index contributed by atoms with van der Waals surface area (Å²) in [6.45, 7) is 1.24. The maximum absolute atomic E-state index is 12.0. The molecule has 2 rings (SSSR count). The van der Waals surface area contributed by atoms with Gasteiger partial charge in [-0.3, -0.25) is 14.9 Å². The fourth-order valence-corrected chi connectivity index (χ4v) is 2.62. The Morgan fingerprint density at radius 1 is 0.741 bits per heavy atom. The molecule has 0 unspecified atom stereocenters. The monoisotopic (exact) mass is 391 g/mol. The number of carbonyl (C=O) groups is 2. The number of rotatable bonds is 11. The molecule has 2 aromatic rings. The number of nitrogens with two attached hydrogens (primary N) is 2. The Morgan fingerprint density at radius 2 is 1.19 bits per heavy atom. The smallest absolute Gasteiger partial charge is 0.247 e. The van der Waals surface area contributed by atoms with Crippen LogP contribution in [-0.2, 0) is 9.59 Å². The van der Waals surface area contributed by atoms with Gasteiger partial charge >= 0.3 is 0 Å². The first kappa shape index (κ1) is 22.3. The van der Waals surface area contributed by atoms with Crippen LogP contribution >= 0.6 is 12.4 Å². The van der Waals surface area contributed by atoms with Gasteiger partial charge in [0, 0.05) is 37.4 Å². The molecular weight excluding hydrogens is 366 g/mol. The number of anilines is 2. The van der Waals surface area contributed by atoms with Gasteiger partial charge in [-0.15, -0.1) is 12.4 Å². The molecule has 0 heterocycles. The van der Waals surface area contributed by atoms with Crippen molar-refractivity contribution in [2.24, 2.45) is 11.5 Å². The maximum atomic E-state index is 12.0. The molecule has 7 nitrogen and oxygen atoms in total. The van der Waals surface area contributed by atoms with Crippen molar-refractivity contribution >= 4 is 35.6 Å². The van der Waals surface area contributed by atoms with E-state index < -0.39 is 17.4 Å². The van der Waals surface area contributed by atoms with E-state index in [-0.39, 0.29) is 18.8 Å². The largest absolute Gasteiger partial charge is 0.385 e. The highest BCUT2D eigenvalue weighted by Crippen LogP contribution is 2.12. The number of hydrogen-bond acceptors (Lipinski definition) is 5. The first-order valence-electron chi connectivity index (χ1n) is 8.47. The van der Waals surface area contributed by atoms with Crippen LogP contribution in [0.25, 0.3) is 0 Å². The lowest BCUT2D eigenvalue weighted by atomic mass is 9.93. The van der Waals surface area contributed by atoms with E-state index in [1.807, 2.05) is 60.7 Å². The van der Waals surface area contributed by atoms with Crippen LogP contribution in [0.4, 0.5) is 11.4 Å². The standard InChI is InChI=1S/C19H25N5O2.ClH/c20-17(25)19(18(21)26,11-12-22-15-7-3-1-4-8-15)24-14-13-23-16-9-5-2-6-10-16;/h1-10,22-24H,11-14H2,(H2,20,25)(H2,21,26);1H. The van der Waals surface area contributed by atoms with E-state index in [1.165, 1.54) is 0 Å². The van der Waals surface area contributed by atoms with Gasteiger partial charge in [0.15, 0.2) is 5.54 Å². The Labute approximate surface area is 165 Å². The number of carbonyl (C=O) groups excluding carboxylic acids is 2. The molecular formula is C19H26ClN5O2. The Bertz CT molecular complexity index is 699. The third-order valence-corrected chi connectivity index (χ3v) is 4.10. The number of amides is 2. The average molecular weight is 392 g/mol. The molecule has 0 saturated carbocycles. The summed E-state index contributed by atoms with van der Waals surface area (Å²) in [6.07, 6.45) is 0.151. The van der Waals surface area contributed by atoms with E-state index in [0.717, 1.165) is 11.4 Å². The molecule has 27 heavy (non-hydrogen) atoms. The highest BCUT2D eigenvalue weighted by atomic mass is 35.5. The highest BCUT2D eigenvalue weighted by molar-refractivity contribution is 6.08. The average Bonchev–Trinajstić information content (AvgIpc) is 2.65. The summed E-state index contributed by atoms with van der Waals surface area (Å²) < 4.78 is 0. The van der Waals surface area contributed by atoms with Crippen molar-refractivity contribution in [3.05, 3.63) is 60.7 Å². The van der Waals surface area contributed by atoms with Gasteiger partial charge in [-0.25, -0.2) is 0 Å². The zero-order valence-corrected chi connectivity index (χ0v) is 15.8. The van der Waals surface area contributed by atoms with Gasteiger partial charge in [-0.05, 0) is 24.3 Å². The van der Waals surface area contributed by atoms with Gasteiger partial charge in [-0.2, -0.15) is 0 Å². The first-order valence-corrected chi connectivity index (χ1v) is 8.47. The molecule has 0 aliphatic carbocycles. The third-order valence-electron chi connectivity index (χ3n) is 4.10. The number of nitrogens with one attached hydrogen (secondary N) is 3. The number of benzene rings is 2. The lowest BCUT2D eigenvalue weighted by Gasteiger charge is -2.29. The van der Waals surface area contributed by atoms with Crippen molar-refractivity contribution in [1.82, 2.24) is 5.32 Å². The minimum Gasteiger partial charge on any atom is -0.385 e. The molecule has 0 aliphatic rings. The number of hydrogen-bond donors (Lipinski definition) is 5. The molecule has 0 aliphatic heterocycles. The van der Waals surface area contributed by atoms with E-state index in [0.29, 0.717) is 19.6 Å². The predicted molar refractivity (Wildman–Crippen MR) is 111 cm³/mol. The van der Waals surface area contributed by atoms with Crippen molar-refractivity contribution in [3.8, 4) is 0 Å². The first-order chi connectivity index (χ1) is 12.5. The molecule has 0 spiro atoms. The molecule has 0 saturated heterocycles. The van der Waals surface area contributed by atoms with E-state index in [9.17, 15) is 9.59 Å². The van der Waals surface area contributed by atoms with Crippen LogP contribution in [-0.4, -0.2) is 37.0 Å². The van der Waals surface area contributed by atoms with E-state index in [4.69, 9.17) is 11.5 Å². The molecule has 0 fully saturated rings. The van der Waals surface area contributed by atoms with Crippen molar-refractivity contribution in [2.45, 2.75) is 12.0 Å². The molecule has 0 radical (unpaired) electrons. The van der Waals surface area contributed by atoms with Gasteiger partial charge in [0.1, 0.15) is 0 Å². The van der Waals surface area contributed by atoms with Crippen molar-refractivity contribution < 1.29 is 9.59 Å². The lowest BCUT2D eigenvalue weighted by molar-refractivity contribution is -0.135. The summed E-state index contributed by atoms with van der Waals surface area (Å²) in [5.74, 6) is -1.56. The lowest BCUT2D eigenvalue weighted by Crippen LogP contribution is -2.64. The topological polar surface area (TPSA) is 122 Å². The Morgan fingerprint density at radius 3 is 1.63 bits per heavy atom. The van der Waals surface area contributed by atoms with Gasteiger partial charge in [0.2, 0.25) is 11.8 Å². The van der Waals surface area contributed by atoms with E-state index in [2.05, 4.69) is 16.0 Å². The van der Waals surface area contributed by atoms with Gasteiger partial charge in [-0.1, -0.05) is 36.4 Å². The molecule has 146 valence electrons. The molecule has 0 bridgehead atoms. The Balaban J connectivity index is 0.00000364. The summed E-state index contributed by atoms with van der Waals surface area (Å²) >= 11 is 0. The van der Waals surface area contributed by atoms with Gasteiger partial charge in [0.25, 0.3) is 0 Å². The van der Waals surface area contributed by atoms with Crippen molar-refractivity contribution in [1.29, 1.82) is 0 Å². The van der Waals surface area contributed by atoms with Crippen LogP contribution in [0.15, 0.2) is 60.7 Å². The second kappa shape index (κ2) is 11.1. The van der Waals surface area contributed by atoms with Crippen molar-refractivity contribution in [3.63, 3.8) is 0 Å². The van der Waals surface area contributed by atoms with Crippen LogP contribution in [0.2, 0.25) is 0 Å². The maximum Gasteiger partial charge on any atom is 0.247 e. The molecule has 0 atom stereocenters. The summed E-state index contributed by atoms with van der Waals surface area (Å²) in [6, 6.07) is 19.1. The zero-order chi connectivity index (χ0) is 18.8. The van der Waals surface area contributed by atoms with Gasteiger partial charge < -0.3 is 22.1 Å². The predicted octanol–water partition coefficient (Wildman–Crippen LogP) is 1.32. The molecule has 2 aromatic carbocycles. The van der Waals surface area contributed by atoms with Crippen LogP contribution < -0.4 is 27.4 Å². The number of para-hydroxylation sites is 2. The fourth-order valence-electron chi connectivity index (χ4n) is 2.62. The molecule has 7 N–H and O–H groups in total. The molecule has 0 aromatic heterocycles. The minimum absolute atomic E-state index is 0. The van der Waals surface area contributed by atoms with E-state index in [1.54, 1.807) is 0 Å². The molecule has 8 heteroatoms. The minimum atomic E-state index is -1.60. The van der Waals surface area contributed by atoms with Crippen LogP contribution in [0.3, 0.4) is 0 Å². The summed E-state index contributed by atoms with van der Waals surface area (Å²) in [4.78, 5) is 24.0. The van der Waals surface area contributed by atoms with Crippen molar-refractivity contribution in [2.75, 3.05) is 30.3 Å². The Kier molecular flexibility index (Phi) is 9.12. The van der Waals surface area contributed by atoms with E-state index >= 15 is 0 Å². The summed E-state index contributed by atoms with van der Waals surface area (Å²) in [5.41, 5.74) is 11.2. The van der Waals surface area contributed by atoms with Crippen LogP contribution in [0.1, 0.15) is 6.42 Å². The normalized spacial score (nSPS) is 10.5. The summed E-state index contributed by atoms with van der Waals surface area (Å²) in [5, 5.41) is 9.29. The second-order valence-electron chi connectivity index (χ2n) is 5.90. The number of primary amides is 2. The quantitative estimate of drug-likeness (QED) is 0.292. The second-order valence-corrected chi connectivity index (χ2v) is 5.90. The Hall–Kier alpha value is -2.77. The zero-order valence-electron chi connectivity index (χ0n) is 15.0. The van der Waals surface area contributed by atoms with Crippen LogP contribution in [0.5, 0.6) is 0 Å². The fraction of sp³-hybridized carbons (Fsp3) is 0.263.